The van der Waals surface area contributed by atoms with Gasteiger partial charge in [0.25, 0.3) is 11.8 Å². The molecule has 0 aliphatic rings. The maximum Gasteiger partial charge on any atom is 0.279 e. The summed E-state index contributed by atoms with van der Waals surface area (Å²) in [5.74, 6) is -0.513. The molecule has 0 fully saturated rings. The molecule has 2 aromatic rings. The average molecular weight is 417 g/mol. The lowest BCUT2D eigenvalue weighted by Crippen LogP contribution is -3.11. The van der Waals surface area contributed by atoms with Crippen LogP contribution in [-0.2, 0) is 16.1 Å². The van der Waals surface area contributed by atoms with Crippen LogP contribution in [-0.4, -0.2) is 50.5 Å². The van der Waals surface area contributed by atoms with Gasteiger partial charge < -0.3 is 19.9 Å². The maximum absolute atomic E-state index is 13.9. The molecule has 2 rings (SSSR count). The summed E-state index contributed by atoms with van der Waals surface area (Å²) in [5.41, 5.74) is 3.51. The molecule has 1 unspecified atom stereocenters. The average Bonchev–Trinajstić information content (AvgIpc) is 2.69. The lowest BCUT2D eigenvalue weighted by atomic mass is 10.1. The van der Waals surface area contributed by atoms with Crippen molar-refractivity contribution < 1.29 is 23.6 Å². The van der Waals surface area contributed by atoms with Crippen LogP contribution in [0.1, 0.15) is 23.6 Å². The fourth-order valence-corrected chi connectivity index (χ4v) is 3.31. The van der Waals surface area contributed by atoms with Crippen LogP contribution in [0.25, 0.3) is 0 Å². The molecular weight excluding hydrogens is 385 g/mol. The number of halogens is 1. The van der Waals surface area contributed by atoms with E-state index in [0.717, 1.165) is 21.7 Å². The minimum Gasteiger partial charge on any atom is -0.494 e. The van der Waals surface area contributed by atoms with Crippen LogP contribution in [0.5, 0.6) is 5.75 Å². The smallest absolute Gasteiger partial charge is 0.279 e. The maximum atomic E-state index is 13.9. The highest BCUT2D eigenvalue weighted by molar-refractivity contribution is 5.93. The molecule has 0 heterocycles. The molecule has 0 aliphatic heterocycles. The largest absolute Gasteiger partial charge is 0.494 e. The number of carbonyl (C=O) groups is 2. The first-order valence-corrected chi connectivity index (χ1v) is 10.0. The zero-order valence-electron chi connectivity index (χ0n) is 18.3. The lowest BCUT2D eigenvalue weighted by Gasteiger charge is -2.23. The van der Waals surface area contributed by atoms with E-state index in [1.54, 1.807) is 17.0 Å². The minimum absolute atomic E-state index is 0.0916. The van der Waals surface area contributed by atoms with Gasteiger partial charge in [0.2, 0.25) is 0 Å². The van der Waals surface area contributed by atoms with Crippen LogP contribution in [0.3, 0.4) is 0 Å². The standard InChI is InChI=1S/C23H30FN3O3/c1-6-27(13-18-10-11-20(30-5)19(24)12-18)22(29)15-26(4)14-21(28)25-23-16(2)8-7-9-17(23)3/h7-12H,6,13-15H2,1-5H3,(H,25,28)/p+1. The lowest BCUT2D eigenvalue weighted by molar-refractivity contribution is -0.862. The van der Waals surface area contributed by atoms with Crippen LogP contribution in [0.4, 0.5) is 10.1 Å². The summed E-state index contributed by atoms with van der Waals surface area (Å²) in [7, 11) is 3.22. The molecule has 2 N–H and O–H groups in total. The number of para-hydroxylation sites is 1. The number of methoxy groups -OCH3 is 1. The molecule has 162 valence electrons. The summed E-state index contributed by atoms with van der Waals surface area (Å²) in [6.07, 6.45) is 0. The van der Waals surface area contributed by atoms with E-state index in [1.807, 2.05) is 46.0 Å². The van der Waals surface area contributed by atoms with Gasteiger partial charge in [-0.25, -0.2) is 4.39 Å². The topological polar surface area (TPSA) is 63.1 Å². The molecule has 0 aromatic heterocycles. The quantitative estimate of drug-likeness (QED) is 0.657. The summed E-state index contributed by atoms with van der Waals surface area (Å²) in [4.78, 5) is 27.6. The molecule has 0 bridgehead atoms. The molecule has 7 heteroatoms. The number of anilines is 1. The van der Waals surface area contributed by atoms with Crippen molar-refractivity contribution in [2.24, 2.45) is 0 Å². The van der Waals surface area contributed by atoms with Gasteiger partial charge in [0.15, 0.2) is 24.7 Å². The Labute approximate surface area is 177 Å². The van der Waals surface area contributed by atoms with E-state index in [9.17, 15) is 14.0 Å². The molecule has 2 aromatic carbocycles. The molecule has 1 atom stereocenters. The fourth-order valence-electron chi connectivity index (χ4n) is 3.31. The zero-order chi connectivity index (χ0) is 22.3. The van der Waals surface area contributed by atoms with Gasteiger partial charge in [-0.2, -0.15) is 0 Å². The first-order valence-electron chi connectivity index (χ1n) is 10.0. The Kier molecular flexibility index (Phi) is 8.35. The van der Waals surface area contributed by atoms with Gasteiger partial charge in [0, 0.05) is 18.8 Å². The second kappa shape index (κ2) is 10.7. The van der Waals surface area contributed by atoms with Crippen molar-refractivity contribution in [1.29, 1.82) is 0 Å². The molecule has 0 aliphatic carbocycles. The third kappa shape index (κ3) is 6.29. The van der Waals surface area contributed by atoms with Crippen LogP contribution < -0.4 is 15.0 Å². The number of rotatable bonds is 9. The van der Waals surface area contributed by atoms with Gasteiger partial charge in [-0.1, -0.05) is 24.3 Å². The Bertz CT molecular complexity index is 881. The summed E-state index contributed by atoms with van der Waals surface area (Å²) < 4.78 is 18.8. The number of quaternary nitrogens is 1. The van der Waals surface area contributed by atoms with Crippen molar-refractivity contribution in [2.45, 2.75) is 27.3 Å². The van der Waals surface area contributed by atoms with Crippen molar-refractivity contribution >= 4 is 17.5 Å². The van der Waals surface area contributed by atoms with E-state index in [-0.39, 0.29) is 30.7 Å². The minimum atomic E-state index is -0.454. The van der Waals surface area contributed by atoms with E-state index in [1.165, 1.54) is 13.2 Å². The first-order chi connectivity index (χ1) is 14.2. The van der Waals surface area contributed by atoms with E-state index in [2.05, 4.69) is 5.32 Å². The highest BCUT2D eigenvalue weighted by Crippen LogP contribution is 2.19. The van der Waals surface area contributed by atoms with Crippen LogP contribution in [0, 0.1) is 19.7 Å². The van der Waals surface area contributed by atoms with Crippen molar-refractivity contribution in [3.05, 3.63) is 58.9 Å². The van der Waals surface area contributed by atoms with E-state index in [0.29, 0.717) is 18.7 Å². The summed E-state index contributed by atoms with van der Waals surface area (Å²) in [5, 5.41) is 2.94. The molecule has 30 heavy (non-hydrogen) atoms. The SMILES string of the molecule is CCN(Cc1ccc(OC)c(F)c1)C(=O)C[NH+](C)CC(=O)Nc1c(C)cccc1C. The summed E-state index contributed by atoms with van der Waals surface area (Å²) >= 11 is 0. The second-order valence-electron chi connectivity index (χ2n) is 7.50. The van der Waals surface area contributed by atoms with E-state index < -0.39 is 5.82 Å². The predicted molar refractivity (Wildman–Crippen MR) is 115 cm³/mol. The van der Waals surface area contributed by atoms with Crippen LogP contribution in [0.2, 0.25) is 0 Å². The predicted octanol–water partition coefficient (Wildman–Crippen LogP) is 1.95. The Hall–Kier alpha value is -2.93. The van der Waals surface area contributed by atoms with Gasteiger partial charge in [-0.05, 0) is 49.6 Å². The van der Waals surface area contributed by atoms with Crippen molar-refractivity contribution in [3.8, 4) is 5.75 Å². The second-order valence-corrected chi connectivity index (χ2v) is 7.50. The number of ether oxygens (including phenoxy) is 1. The molecule has 0 spiro atoms. The number of likely N-dealkylation sites (N-methyl/N-ethyl adjacent to an activating group) is 2. The van der Waals surface area contributed by atoms with Crippen molar-refractivity contribution in [1.82, 2.24) is 4.90 Å². The first kappa shape index (κ1) is 23.3. The number of hydrogen-bond donors (Lipinski definition) is 2. The van der Waals surface area contributed by atoms with Gasteiger partial charge >= 0.3 is 0 Å². The molecule has 2 amide bonds. The van der Waals surface area contributed by atoms with Crippen molar-refractivity contribution in [2.75, 3.05) is 39.1 Å². The van der Waals surface area contributed by atoms with Gasteiger partial charge in [0.1, 0.15) is 0 Å². The Balaban J connectivity index is 1.92. The number of amides is 2. The normalized spacial score (nSPS) is 11.7. The van der Waals surface area contributed by atoms with E-state index in [4.69, 9.17) is 4.74 Å². The molecule has 0 radical (unpaired) electrons. The third-order valence-corrected chi connectivity index (χ3v) is 4.98. The number of benzene rings is 2. The Morgan fingerprint density at radius 1 is 1.13 bits per heavy atom. The highest BCUT2D eigenvalue weighted by atomic mass is 19.1. The molecule has 0 saturated heterocycles. The summed E-state index contributed by atoms with van der Waals surface area (Å²) in [6.45, 7) is 6.92. The monoisotopic (exact) mass is 416 g/mol. The van der Waals surface area contributed by atoms with Crippen molar-refractivity contribution in [3.63, 3.8) is 0 Å². The van der Waals surface area contributed by atoms with E-state index >= 15 is 0 Å². The molecule has 0 saturated carbocycles. The number of aryl methyl sites for hydroxylation is 2. The summed E-state index contributed by atoms with van der Waals surface area (Å²) in [6, 6.07) is 10.5. The fraction of sp³-hybridized carbons (Fsp3) is 0.391. The van der Waals surface area contributed by atoms with Gasteiger partial charge in [-0.3, -0.25) is 9.59 Å². The number of nitrogens with one attached hydrogen (secondary N) is 2. The number of carbonyl (C=O) groups excluding carboxylic acids is 2. The third-order valence-electron chi connectivity index (χ3n) is 4.98. The Morgan fingerprint density at radius 3 is 2.37 bits per heavy atom. The Morgan fingerprint density at radius 2 is 1.80 bits per heavy atom. The molecule has 6 nitrogen and oxygen atoms in total. The van der Waals surface area contributed by atoms with Gasteiger partial charge in [-0.15, -0.1) is 0 Å². The molecular formula is C23H31FN3O3+. The van der Waals surface area contributed by atoms with Crippen LogP contribution in [0.15, 0.2) is 36.4 Å². The highest BCUT2D eigenvalue weighted by Gasteiger charge is 2.20. The number of nitrogens with zero attached hydrogens (tertiary/aromatic N) is 1. The van der Waals surface area contributed by atoms with Crippen LogP contribution >= 0.6 is 0 Å². The number of hydrogen-bond acceptors (Lipinski definition) is 3. The zero-order valence-corrected chi connectivity index (χ0v) is 18.3. The van der Waals surface area contributed by atoms with Gasteiger partial charge in [0.05, 0.1) is 14.2 Å².